The summed E-state index contributed by atoms with van der Waals surface area (Å²) >= 11 is 1.42. The molecular formula is C19H19N3O2S. The molecule has 25 heavy (non-hydrogen) atoms. The quantitative estimate of drug-likeness (QED) is 0.537. The van der Waals surface area contributed by atoms with Gasteiger partial charge in [-0.2, -0.15) is 0 Å². The van der Waals surface area contributed by atoms with Crippen molar-refractivity contribution in [1.29, 1.82) is 0 Å². The number of anilines is 1. The summed E-state index contributed by atoms with van der Waals surface area (Å²) in [5.74, 6) is 1.59. The lowest BCUT2D eigenvalue weighted by Gasteiger charge is -2.10. The summed E-state index contributed by atoms with van der Waals surface area (Å²) in [6.45, 7) is 2.02. The first-order valence-electron chi connectivity index (χ1n) is 8.02. The molecule has 0 aliphatic carbocycles. The van der Waals surface area contributed by atoms with E-state index in [9.17, 15) is 4.79 Å². The number of methoxy groups -OCH3 is 1. The van der Waals surface area contributed by atoms with Crippen molar-refractivity contribution in [1.82, 2.24) is 9.97 Å². The third kappa shape index (κ3) is 4.09. The fourth-order valence-electron chi connectivity index (χ4n) is 2.43. The van der Waals surface area contributed by atoms with Crippen LogP contribution in [0.1, 0.15) is 12.7 Å². The Labute approximate surface area is 150 Å². The molecule has 0 aliphatic heterocycles. The van der Waals surface area contributed by atoms with Gasteiger partial charge >= 0.3 is 0 Å². The van der Waals surface area contributed by atoms with Crippen molar-refractivity contribution in [2.45, 2.75) is 18.4 Å². The van der Waals surface area contributed by atoms with Crippen LogP contribution < -0.4 is 10.1 Å². The summed E-state index contributed by atoms with van der Waals surface area (Å²) in [5.41, 5.74) is 1.57. The summed E-state index contributed by atoms with van der Waals surface area (Å²) < 4.78 is 5.25. The van der Waals surface area contributed by atoms with Crippen molar-refractivity contribution in [3.8, 4) is 5.75 Å². The number of hydrogen-bond acceptors (Lipinski definition) is 5. The Morgan fingerprint density at radius 3 is 2.68 bits per heavy atom. The van der Waals surface area contributed by atoms with E-state index in [0.717, 1.165) is 28.2 Å². The first-order valence-corrected chi connectivity index (χ1v) is 9.01. The molecule has 6 heteroatoms. The van der Waals surface area contributed by atoms with Gasteiger partial charge in [0.2, 0.25) is 5.91 Å². The smallest absolute Gasteiger partial charge is 0.234 e. The van der Waals surface area contributed by atoms with Crippen LogP contribution in [-0.2, 0) is 11.2 Å². The molecule has 1 aromatic heterocycles. The normalized spacial score (nSPS) is 10.6. The molecule has 3 aromatic rings. The zero-order valence-electron chi connectivity index (χ0n) is 14.2. The van der Waals surface area contributed by atoms with Crippen LogP contribution in [0.2, 0.25) is 0 Å². The molecule has 1 amide bonds. The maximum atomic E-state index is 12.3. The Bertz CT molecular complexity index is 899. The van der Waals surface area contributed by atoms with Crippen LogP contribution in [0.4, 0.5) is 5.69 Å². The molecule has 3 rings (SSSR count). The first kappa shape index (κ1) is 17.2. The number of benzene rings is 2. The van der Waals surface area contributed by atoms with Gasteiger partial charge in [-0.25, -0.2) is 9.97 Å². The minimum absolute atomic E-state index is 0.102. The van der Waals surface area contributed by atoms with E-state index in [2.05, 4.69) is 15.3 Å². The van der Waals surface area contributed by atoms with E-state index in [4.69, 9.17) is 4.74 Å². The predicted molar refractivity (Wildman–Crippen MR) is 101 cm³/mol. The van der Waals surface area contributed by atoms with Crippen molar-refractivity contribution in [2.75, 3.05) is 18.2 Å². The fraction of sp³-hybridized carbons (Fsp3) is 0.211. The number of fused-ring (bicyclic) bond motifs is 1. The van der Waals surface area contributed by atoms with Gasteiger partial charge in [0.25, 0.3) is 0 Å². The van der Waals surface area contributed by atoms with Gasteiger partial charge in [-0.3, -0.25) is 4.79 Å². The van der Waals surface area contributed by atoms with Crippen molar-refractivity contribution in [3.05, 3.63) is 54.4 Å². The van der Waals surface area contributed by atoms with Gasteiger partial charge < -0.3 is 10.1 Å². The number of carbonyl (C=O) groups is 1. The zero-order chi connectivity index (χ0) is 17.6. The van der Waals surface area contributed by atoms with E-state index in [1.54, 1.807) is 7.11 Å². The summed E-state index contributed by atoms with van der Waals surface area (Å²) in [6, 6.07) is 15.2. The molecule has 1 N–H and O–H groups in total. The second-order valence-corrected chi connectivity index (χ2v) is 6.32. The number of rotatable bonds is 6. The van der Waals surface area contributed by atoms with Gasteiger partial charge in [-0.15, -0.1) is 0 Å². The number of aromatic nitrogens is 2. The second kappa shape index (κ2) is 7.98. The molecule has 0 fully saturated rings. The highest BCUT2D eigenvalue weighted by molar-refractivity contribution is 8.00. The number of aryl methyl sites for hydroxylation is 1. The van der Waals surface area contributed by atoms with Crippen LogP contribution in [0, 0.1) is 0 Å². The lowest BCUT2D eigenvalue weighted by molar-refractivity contribution is -0.113. The number of amides is 1. The molecule has 0 saturated heterocycles. The molecule has 1 heterocycles. The number of nitrogens with zero attached hydrogens (tertiary/aromatic N) is 2. The van der Waals surface area contributed by atoms with Crippen LogP contribution >= 0.6 is 11.8 Å². The third-order valence-corrected chi connectivity index (χ3v) is 4.64. The fourth-order valence-corrected chi connectivity index (χ4v) is 3.27. The number of hydrogen-bond donors (Lipinski definition) is 1. The molecule has 0 unspecified atom stereocenters. The summed E-state index contributed by atoms with van der Waals surface area (Å²) in [6.07, 6.45) is 0.756. The monoisotopic (exact) mass is 353 g/mol. The average Bonchev–Trinajstić information content (AvgIpc) is 2.66. The largest absolute Gasteiger partial charge is 0.495 e. The summed E-state index contributed by atoms with van der Waals surface area (Å²) in [4.78, 5) is 21.4. The van der Waals surface area contributed by atoms with Crippen LogP contribution in [0.15, 0.2) is 53.6 Å². The second-order valence-electron chi connectivity index (χ2n) is 5.35. The molecular weight excluding hydrogens is 334 g/mol. The molecule has 2 aromatic carbocycles. The summed E-state index contributed by atoms with van der Waals surface area (Å²) in [5, 5.41) is 4.68. The average molecular weight is 353 g/mol. The van der Waals surface area contributed by atoms with Gasteiger partial charge in [0, 0.05) is 11.8 Å². The van der Waals surface area contributed by atoms with Gasteiger partial charge in [-0.1, -0.05) is 49.0 Å². The van der Waals surface area contributed by atoms with E-state index in [-0.39, 0.29) is 11.7 Å². The topological polar surface area (TPSA) is 64.1 Å². The highest BCUT2D eigenvalue weighted by atomic mass is 32.2. The molecule has 5 nitrogen and oxygen atoms in total. The SMILES string of the molecule is CCc1nc(SCC(=O)Nc2ccccc2OC)c2ccccc2n1. The molecule has 0 radical (unpaired) electrons. The standard InChI is InChI=1S/C19H19N3O2S/c1-3-17-20-14-9-5-4-8-13(14)19(22-17)25-12-18(23)21-15-10-6-7-11-16(15)24-2/h4-11H,3,12H2,1-2H3,(H,21,23). The molecule has 0 atom stereocenters. The van der Waals surface area contributed by atoms with Crippen molar-refractivity contribution < 1.29 is 9.53 Å². The number of nitrogens with one attached hydrogen (secondary N) is 1. The maximum absolute atomic E-state index is 12.3. The van der Waals surface area contributed by atoms with Crippen LogP contribution in [0.25, 0.3) is 10.9 Å². The molecule has 0 saturated carbocycles. The van der Waals surface area contributed by atoms with Gasteiger partial charge in [-0.05, 0) is 18.2 Å². The van der Waals surface area contributed by atoms with Crippen LogP contribution in [-0.4, -0.2) is 28.7 Å². The van der Waals surface area contributed by atoms with E-state index in [1.165, 1.54) is 11.8 Å². The highest BCUT2D eigenvalue weighted by Gasteiger charge is 2.11. The number of para-hydroxylation sites is 3. The molecule has 0 spiro atoms. The van der Waals surface area contributed by atoms with Crippen molar-refractivity contribution >= 4 is 34.3 Å². The van der Waals surface area contributed by atoms with Gasteiger partial charge in [0.15, 0.2) is 0 Å². The van der Waals surface area contributed by atoms with Crippen LogP contribution in [0.5, 0.6) is 5.75 Å². The Balaban J connectivity index is 1.75. The van der Waals surface area contributed by atoms with E-state index in [1.807, 2.05) is 55.5 Å². The number of ether oxygens (including phenoxy) is 1. The highest BCUT2D eigenvalue weighted by Crippen LogP contribution is 2.27. The van der Waals surface area contributed by atoms with E-state index in [0.29, 0.717) is 11.4 Å². The Morgan fingerprint density at radius 1 is 1.12 bits per heavy atom. The minimum Gasteiger partial charge on any atom is -0.495 e. The molecule has 0 aliphatic rings. The number of thioether (sulfide) groups is 1. The van der Waals surface area contributed by atoms with Crippen LogP contribution in [0.3, 0.4) is 0 Å². The van der Waals surface area contributed by atoms with Crippen molar-refractivity contribution in [2.24, 2.45) is 0 Å². The summed E-state index contributed by atoms with van der Waals surface area (Å²) in [7, 11) is 1.58. The van der Waals surface area contributed by atoms with Gasteiger partial charge in [0.1, 0.15) is 16.6 Å². The molecule has 128 valence electrons. The van der Waals surface area contributed by atoms with Gasteiger partial charge in [0.05, 0.1) is 24.1 Å². The predicted octanol–water partition coefficient (Wildman–Crippen LogP) is 3.93. The first-order chi connectivity index (χ1) is 12.2. The number of carbonyl (C=O) groups excluding carboxylic acids is 1. The third-order valence-electron chi connectivity index (χ3n) is 3.65. The molecule has 0 bridgehead atoms. The Hall–Kier alpha value is -2.60. The Morgan fingerprint density at radius 2 is 1.88 bits per heavy atom. The van der Waals surface area contributed by atoms with E-state index >= 15 is 0 Å². The maximum Gasteiger partial charge on any atom is 0.234 e. The minimum atomic E-state index is -0.102. The lowest BCUT2D eigenvalue weighted by Crippen LogP contribution is -2.15. The lowest BCUT2D eigenvalue weighted by atomic mass is 10.2. The Kier molecular flexibility index (Phi) is 5.50. The van der Waals surface area contributed by atoms with E-state index < -0.39 is 0 Å². The van der Waals surface area contributed by atoms with Crippen molar-refractivity contribution in [3.63, 3.8) is 0 Å². The zero-order valence-corrected chi connectivity index (χ0v) is 15.0.